The maximum Gasteiger partial charge on any atom is 0.317 e. The van der Waals surface area contributed by atoms with Gasteiger partial charge < -0.3 is 15.3 Å². The van der Waals surface area contributed by atoms with Gasteiger partial charge in [0.25, 0.3) is 0 Å². The number of nitrogens with zero attached hydrogens (tertiary/aromatic N) is 1. The third-order valence-corrected chi connectivity index (χ3v) is 3.50. The van der Waals surface area contributed by atoms with E-state index in [4.69, 9.17) is 0 Å². The van der Waals surface area contributed by atoms with Crippen molar-refractivity contribution >= 4 is 12.0 Å². The first-order chi connectivity index (χ1) is 9.44. The number of hydrogen-bond donors (Lipinski definition) is 2. The molecule has 0 spiro atoms. The summed E-state index contributed by atoms with van der Waals surface area (Å²) in [5.74, 6) is -0.895. The first-order valence-electron chi connectivity index (χ1n) is 7.67. The monoisotopic (exact) mass is 300 g/mol. The van der Waals surface area contributed by atoms with E-state index in [0.29, 0.717) is 12.3 Å². The lowest BCUT2D eigenvalue weighted by Crippen LogP contribution is -2.45. The van der Waals surface area contributed by atoms with Gasteiger partial charge in [0.15, 0.2) is 0 Å². The molecule has 0 radical (unpaired) electrons. The van der Waals surface area contributed by atoms with E-state index < -0.39 is 11.9 Å². The van der Waals surface area contributed by atoms with Crippen molar-refractivity contribution in [1.29, 1.82) is 0 Å². The van der Waals surface area contributed by atoms with Crippen LogP contribution < -0.4 is 5.32 Å². The second-order valence-corrected chi connectivity index (χ2v) is 7.58. The van der Waals surface area contributed by atoms with Crippen LogP contribution in [0.5, 0.6) is 0 Å². The van der Waals surface area contributed by atoms with E-state index in [0.717, 1.165) is 6.42 Å². The molecule has 0 fully saturated rings. The second-order valence-electron chi connectivity index (χ2n) is 7.58. The summed E-state index contributed by atoms with van der Waals surface area (Å²) in [6.45, 7) is 12.4. The highest BCUT2D eigenvalue weighted by Crippen LogP contribution is 2.24. The Balaban J connectivity index is 4.46. The third kappa shape index (κ3) is 8.58. The van der Waals surface area contributed by atoms with E-state index in [-0.39, 0.29) is 24.0 Å². The fourth-order valence-electron chi connectivity index (χ4n) is 2.36. The average molecular weight is 300 g/mol. The van der Waals surface area contributed by atoms with Gasteiger partial charge in [0.2, 0.25) is 0 Å². The summed E-state index contributed by atoms with van der Waals surface area (Å²) in [5, 5.41) is 12.0. The fourth-order valence-corrected chi connectivity index (χ4v) is 2.36. The number of rotatable bonds is 7. The molecule has 0 heterocycles. The molecule has 2 atom stereocenters. The van der Waals surface area contributed by atoms with Gasteiger partial charge in [0.05, 0.1) is 5.92 Å². The molecule has 0 aliphatic rings. The minimum atomic E-state index is -0.858. The van der Waals surface area contributed by atoms with Crippen LogP contribution in [-0.4, -0.2) is 41.6 Å². The summed E-state index contributed by atoms with van der Waals surface area (Å²) in [5.41, 5.74) is -0.0787. The molecule has 5 heteroatoms. The molecule has 0 saturated heterocycles. The molecule has 2 N–H and O–H groups in total. The van der Waals surface area contributed by atoms with Gasteiger partial charge in [-0.15, -0.1) is 0 Å². The van der Waals surface area contributed by atoms with Crippen LogP contribution in [0.1, 0.15) is 54.4 Å². The lowest BCUT2D eigenvalue weighted by Gasteiger charge is -2.28. The molecule has 2 amide bonds. The largest absolute Gasteiger partial charge is 0.481 e. The van der Waals surface area contributed by atoms with Crippen LogP contribution in [0, 0.1) is 17.3 Å². The number of carboxylic acid groups (broad SMARTS) is 1. The van der Waals surface area contributed by atoms with Crippen LogP contribution in [0.2, 0.25) is 0 Å². The van der Waals surface area contributed by atoms with Crippen molar-refractivity contribution in [2.24, 2.45) is 17.3 Å². The molecular weight excluding hydrogens is 268 g/mol. The van der Waals surface area contributed by atoms with Crippen LogP contribution in [0.15, 0.2) is 0 Å². The van der Waals surface area contributed by atoms with Gasteiger partial charge in [-0.3, -0.25) is 4.79 Å². The second kappa shape index (κ2) is 8.25. The van der Waals surface area contributed by atoms with E-state index in [2.05, 4.69) is 19.2 Å². The lowest BCUT2D eigenvalue weighted by molar-refractivity contribution is -0.142. The Kier molecular flexibility index (Phi) is 7.75. The zero-order chi connectivity index (χ0) is 16.8. The number of carbonyl (C=O) groups excluding carboxylic acids is 1. The predicted molar refractivity (Wildman–Crippen MR) is 85.3 cm³/mol. The third-order valence-electron chi connectivity index (χ3n) is 3.50. The Labute approximate surface area is 129 Å². The zero-order valence-corrected chi connectivity index (χ0v) is 14.6. The normalized spacial score (nSPS) is 14.7. The van der Waals surface area contributed by atoms with Crippen LogP contribution in [0.25, 0.3) is 0 Å². The topological polar surface area (TPSA) is 69.6 Å². The van der Waals surface area contributed by atoms with Crippen LogP contribution >= 0.6 is 0 Å². The Bertz CT molecular complexity index is 348. The molecule has 5 nitrogen and oxygen atoms in total. The molecule has 0 aromatic rings. The smallest absolute Gasteiger partial charge is 0.317 e. The minimum absolute atomic E-state index is 0.0787. The van der Waals surface area contributed by atoms with Crippen molar-refractivity contribution < 1.29 is 14.7 Å². The van der Waals surface area contributed by atoms with Crippen molar-refractivity contribution in [2.45, 2.75) is 60.4 Å². The number of nitrogens with one attached hydrogen (secondary N) is 1. The highest BCUT2D eigenvalue weighted by Gasteiger charge is 2.26. The Morgan fingerprint density at radius 1 is 1.19 bits per heavy atom. The molecule has 0 aliphatic heterocycles. The van der Waals surface area contributed by atoms with Gasteiger partial charge in [0.1, 0.15) is 0 Å². The Hall–Kier alpha value is -1.26. The summed E-state index contributed by atoms with van der Waals surface area (Å²) < 4.78 is 0. The number of aliphatic carboxylic acids is 1. The highest BCUT2D eigenvalue weighted by atomic mass is 16.4. The minimum Gasteiger partial charge on any atom is -0.481 e. The molecule has 0 aromatic carbocycles. The SMILES string of the molecule is CC(C)CC(C)N(C)C(=O)NCC(CC(C)(C)C)C(=O)O. The molecule has 21 heavy (non-hydrogen) atoms. The number of carbonyl (C=O) groups is 2. The molecule has 2 unspecified atom stereocenters. The van der Waals surface area contributed by atoms with Gasteiger partial charge in [-0.25, -0.2) is 4.79 Å². The van der Waals surface area contributed by atoms with E-state index in [1.165, 1.54) is 0 Å². The van der Waals surface area contributed by atoms with Crippen molar-refractivity contribution in [1.82, 2.24) is 10.2 Å². The maximum atomic E-state index is 12.1. The van der Waals surface area contributed by atoms with Crippen LogP contribution in [-0.2, 0) is 4.79 Å². The van der Waals surface area contributed by atoms with Crippen molar-refractivity contribution in [3.05, 3.63) is 0 Å². The molecule has 0 aliphatic carbocycles. The van der Waals surface area contributed by atoms with E-state index in [1.54, 1.807) is 11.9 Å². The number of hydrogen-bond acceptors (Lipinski definition) is 2. The van der Waals surface area contributed by atoms with E-state index in [1.807, 2.05) is 27.7 Å². The fraction of sp³-hybridized carbons (Fsp3) is 0.875. The first-order valence-corrected chi connectivity index (χ1v) is 7.67. The average Bonchev–Trinajstić information content (AvgIpc) is 2.30. The van der Waals surface area contributed by atoms with Gasteiger partial charge in [-0.1, -0.05) is 34.6 Å². The summed E-state index contributed by atoms with van der Waals surface area (Å²) in [4.78, 5) is 25.0. The van der Waals surface area contributed by atoms with Crippen molar-refractivity contribution in [3.63, 3.8) is 0 Å². The Morgan fingerprint density at radius 3 is 2.10 bits per heavy atom. The number of urea groups is 1. The van der Waals surface area contributed by atoms with Gasteiger partial charge in [-0.2, -0.15) is 0 Å². The van der Waals surface area contributed by atoms with Gasteiger partial charge in [0, 0.05) is 19.6 Å². The number of carboxylic acids is 1. The summed E-state index contributed by atoms with van der Waals surface area (Å²) in [7, 11) is 1.75. The summed E-state index contributed by atoms with van der Waals surface area (Å²) >= 11 is 0. The van der Waals surface area contributed by atoms with Gasteiger partial charge >= 0.3 is 12.0 Å². The first kappa shape index (κ1) is 19.7. The van der Waals surface area contributed by atoms with E-state index >= 15 is 0 Å². The summed E-state index contributed by atoms with van der Waals surface area (Å²) in [6, 6.07) is -0.0702. The van der Waals surface area contributed by atoms with Crippen molar-refractivity contribution in [2.75, 3.05) is 13.6 Å². The maximum absolute atomic E-state index is 12.1. The molecule has 0 bridgehead atoms. The molecule has 0 aromatic heterocycles. The lowest BCUT2D eigenvalue weighted by atomic mass is 9.84. The quantitative estimate of drug-likeness (QED) is 0.758. The zero-order valence-electron chi connectivity index (χ0n) is 14.6. The molecule has 0 saturated carbocycles. The highest BCUT2D eigenvalue weighted by molar-refractivity contribution is 5.76. The van der Waals surface area contributed by atoms with Crippen LogP contribution in [0.3, 0.4) is 0 Å². The predicted octanol–water partition coefficient (Wildman–Crippen LogP) is 3.20. The molecular formula is C16H32N2O3. The van der Waals surface area contributed by atoms with Crippen molar-refractivity contribution in [3.8, 4) is 0 Å². The Morgan fingerprint density at radius 2 is 1.71 bits per heavy atom. The summed E-state index contributed by atoms with van der Waals surface area (Å²) in [6.07, 6.45) is 1.46. The molecule has 0 rings (SSSR count). The standard InChI is InChI=1S/C16H32N2O3/c1-11(2)8-12(3)18(7)15(21)17-10-13(14(19)20)9-16(4,5)6/h11-13H,8-10H2,1-7H3,(H,17,21)(H,19,20). The van der Waals surface area contributed by atoms with Gasteiger partial charge in [-0.05, 0) is 31.1 Å². The van der Waals surface area contributed by atoms with E-state index in [9.17, 15) is 14.7 Å². The number of amides is 2. The molecule has 124 valence electrons. The van der Waals surface area contributed by atoms with Crippen LogP contribution in [0.4, 0.5) is 4.79 Å².